The van der Waals surface area contributed by atoms with Gasteiger partial charge in [-0.1, -0.05) is 24.6 Å². The van der Waals surface area contributed by atoms with Crippen LogP contribution >= 0.6 is 11.3 Å². The molecule has 0 aliphatic carbocycles. The summed E-state index contributed by atoms with van der Waals surface area (Å²) < 4.78 is 22.3. The summed E-state index contributed by atoms with van der Waals surface area (Å²) in [5, 5.41) is 3.27. The number of hydrogen-bond donors (Lipinski definition) is 1. The van der Waals surface area contributed by atoms with Crippen molar-refractivity contribution in [3.05, 3.63) is 76.7 Å². The molecule has 0 aliphatic heterocycles. The molecular formula is C22H22N2O4S2. The zero-order valence-electron chi connectivity index (χ0n) is 16.9. The van der Waals surface area contributed by atoms with Crippen LogP contribution in [0.3, 0.4) is 0 Å². The summed E-state index contributed by atoms with van der Waals surface area (Å²) in [5.41, 5.74) is 1.51. The Hall–Kier alpha value is -2.97. The van der Waals surface area contributed by atoms with Gasteiger partial charge in [0.15, 0.2) is 0 Å². The van der Waals surface area contributed by atoms with Gasteiger partial charge in [-0.05, 0) is 55.5 Å². The molecule has 30 heavy (non-hydrogen) atoms. The first-order chi connectivity index (χ1) is 14.3. The van der Waals surface area contributed by atoms with Crippen LogP contribution in [0.5, 0.6) is 5.75 Å². The Morgan fingerprint density at radius 3 is 2.30 bits per heavy atom. The van der Waals surface area contributed by atoms with Gasteiger partial charge in [0, 0.05) is 16.2 Å². The number of rotatable bonds is 6. The second-order valence-corrected chi connectivity index (χ2v) is 10.1. The summed E-state index contributed by atoms with van der Waals surface area (Å²) in [5.74, 6) is 0.0314. The number of anilines is 1. The lowest BCUT2D eigenvalue weighted by Crippen LogP contribution is -2.10. The van der Waals surface area contributed by atoms with Crippen LogP contribution in [0.15, 0.2) is 69.9 Å². The number of nitrogens with one attached hydrogen (secondary N) is 1. The van der Waals surface area contributed by atoms with Gasteiger partial charge in [0.05, 0.1) is 26.7 Å². The molecule has 1 atom stereocenters. The summed E-state index contributed by atoms with van der Waals surface area (Å²) >= 11 is 1.09. The van der Waals surface area contributed by atoms with Crippen LogP contribution in [0, 0.1) is 6.92 Å². The Morgan fingerprint density at radius 1 is 1.03 bits per heavy atom. The van der Waals surface area contributed by atoms with E-state index in [9.17, 15) is 13.8 Å². The highest BCUT2D eigenvalue weighted by Crippen LogP contribution is 2.25. The number of carbonyl (C=O) groups is 2. The predicted octanol–water partition coefficient (Wildman–Crippen LogP) is 5.00. The Morgan fingerprint density at radius 2 is 1.70 bits per heavy atom. The SMILES string of the molecule is CCS(=O)(=NC(=O)c1ccc(NC(=O)c2ccc(OC)cc2)s1)c1ccc(C)cc1. The van der Waals surface area contributed by atoms with Crippen molar-refractivity contribution in [1.29, 1.82) is 0 Å². The van der Waals surface area contributed by atoms with Gasteiger partial charge in [-0.15, -0.1) is 11.3 Å². The van der Waals surface area contributed by atoms with E-state index >= 15 is 0 Å². The molecule has 1 unspecified atom stereocenters. The largest absolute Gasteiger partial charge is 0.497 e. The molecule has 3 rings (SSSR count). The van der Waals surface area contributed by atoms with Crippen LogP contribution < -0.4 is 10.1 Å². The highest BCUT2D eigenvalue weighted by Gasteiger charge is 2.17. The fourth-order valence-corrected chi connectivity index (χ4v) is 5.00. The zero-order chi connectivity index (χ0) is 21.7. The Balaban J connectivity index is 1.78. The molecule has 8 heteroatoms. The molecule has 0 fully saturated rings. The number of aryl methyl sites for hydroxylation is 1. The third-order valence-corrected chi connectivity index (χ3v) is 7.66. The molecule has 1 aromatic heterocycles. The molecular weight excluding hydrogens is 420 g/mol. The topological polar surface area (TPSA) is 84.8 Å². The molecule has 3 aromatic rings. The third kappa shape index (κ3) is 4.95. The molecule has 0 radical (unpaired) electrons. The second-order valence-electron chi connectivity index (χ2n) is 6.49. The van der Waals surface area contributed by atoms with Crippen molar-refractivity contribution in [2.24, 2.45) is 4.36 Å². The number of amides is 2. The molecule has 1 heterocycles. The maximum Gasteiger partial charge on any atom is 0.295 e. The number of thiophene rings is 1. The molecule has 0 saturated carbocycles. The lowest BCUT2D eigenvalue weighted by atomic mass is 10.2. The average molecular weight is 443 g/mol. The van der Waals surface area contributed by atoms with Gasteiger partial charge in [-0.25, -0.2) is 4.21 Å². The summed E-state index contributed by atoms with van der Waals surface area (Å²) in [7, 11) is -1.29. The minimum atomic E-state index is -2.85. The van der Waals surface area contributed by atoms with Crippen LogP contribution in [-0.4, -0.2) is 28.9 Å². The molecule has 0 bridgehead atoms. The Bertz CT molecular complexity index is 1170. The predicted molar refractivity (Wildman–Crippen MR) is 120 cm³/mol. The van der Waals surface area contributed by atoms with Gasteiger partial charge in [0.25, 0.3) is 11.8 Å². The first-order valence-corrected chi connectivity index (χ1v) is 11.8. The monoisotopic (exact) mass is 442 g/mol. The van der Waals surface area contributed by atoms with Gasteiger partial charge in [0.1, 0.15) is 5.75 Å². The average Bonchev–Trinajstić information content (AvgIpc) is 3.22. The van der Waals surface area contributed by atoms with E-state index in [1.807, 2.05) is 19.1 Å². The van der Waals surface area contributed by atoms with E-state index in [1.165, 1.54) is 0 Å². The molecule has 0 spiro atoms. The summed E-state index contributed by atoms with van der Waals surface area (Å²) in [6, 6.07) is 17.1. The normalized spacial score (nSPS) is 12.6. The highest BCUT2D eigenvalue weighted by atomic mass is 32.2. The number of ether oxygens (including phenoxy) is 1. The Labute approximate surface area is 180 Å². The van der Waals surface area contributed by atoms with Crippen LogP contribution in [0.25, 0.3) is 0 Å². The van der Waals surface area contributed by atoms with Crippen LogP contribution in [-0.2, 0) is 9.73 Å². The van der Waals surface area contributed by atoms with Crippen molar-refractivity contribution in [3.63, 3.8) is 0 Å². The van der Waals surface area contributed by atoms with Gasteiger partial charge >= 0.3 is 0 Å². The number of methoxy groups -OCH3 is 1. The molecule has 6 nitrogen and oxygen atoms in total. The first kappa shape index (κ1) is 21.7. The van der Waals surface area contributed by atoms with Gasteiger partial charge < -0.3 is 10.1 Å². The van der Waals surface area contributed by atoms with Gasteiger partial charge in [0.2, 0.25) is 0 Å². The molecule has 1 N–H and O–H groups in total. The van der Waals surface area contributed by atoms with E-state index in [2.05, 4.69) is 9.68 Å². The van der Waals surface area contributed by atoms with Crippen LogP contribution in [0.1, 0.15) is 32.5 Å². The molecule has 156 valence electrons. The van der Waals surface area contributed by atoms with Crippen LogP contribution in [0.2, 0.25) is 0 Å². The second kappa shape index (κ2) is 9.23. The lowest BCUT2D eigenvalue weighted by molar-refractivity contribution is 0.100. The fraction of sp³-hybridized carbons (Fsp3) is 0.182. The van der Waals surface area contributed by atoms with E-state index in [0.717, 1.165) is 16.9 Å². The minimum Gasteiger partial charge on any atom is -0.497 e. The standard InChI is InChI=1S/C22H22N2O4S2/c1-4-30(27,18-11-5-15(2)6-12-18)24-22(26)19-13-14-20(29-19)23-21(25)16-7-9-17(28-3)10-8-16/h5-14H,4H2,1-3H3,(H,23,25). The molecule has 0 saturated heterocycles. The van der Waals surface area contributed by atoms with Gasteiger partial charge in [-0.3, -0.25) is 9.59 Å². The van der Waals surface area contributed by atoms with E-state index < -0.39 is 15.6 Å². The van der Waals surface area contributed by atoms with Crippen molar-refractivity contribution in [2.75, 3.05) is 18.2 Å². The third-order valence-electron chi connectivity index (χ3n) is 4.42. The fourth-order valence-electron chi connectivity index (χ4n) is 2.66. The van der Waals surface area contributed by atoms with E-state index in [-0.39, 0.29) is 11.7 Å². The number of carbonyl (C=O) groups excluding carboxylic acids is 2. The van der Waals surface area contributed by atoms with E-state index in [0.29, 0.717) is 26.1 Å². The number of nitrogens with zero attached hydrogens (tertiary/aromatic N) is 1. The maximum absolute atomic E-state index is 13.2. The number of benzene rings is 2. The van der Waals surface area contributed by atoms with Gasteiger partial charge in [-0.2, -0.15) is 4.36 Å². The summed E-state index contributed by atoms with van der Waals surface area (Å²) in [6.07, 6.45) is 0. The van der Waals surface area contributed by atoms with Crippen molar-refractivity contribution >= 4 is 37.9 Å². The first-order valence-electron chi connectivity index (χ1n) is 9.26. The van der Waals surface area contributed by atoms with Crippen molar-refractivity contribution < 1.29 is 18.5 Å². The lowest BCUT2D eigenvalue weighted by Gasteiger charge is -2.07. The van der Waals surface area contributed by atoms with E-state index in [4.69, 9.17) is 4.74 Å². The number of hydrogen-bond acceptors (Lipinski definition) is 5. The summed E-state index contributed by atoms with van der Waals surface area (Å²) in [6.45, 7) is 3.68. The quantitative estimate of drug-likeness (QED) is 0.582. The molecule has 2 aromatic carbocycles. The highest BCUT2D eigenvalue weighted by molar-refractivity contribution is 7.94. The van der Waals surface area contributed by atoms with Crippen LogP contribution in [0.4, 0.5) is 5.00 Å². The van der Waals surface area contributed by atoms with Crippen molar-refractivity contribution in [2.45, 2.75) is 18.7 Å². The smallest absolute Gasteiger partial charge is 0.295 e. The molecule has 0 aliphatic rings. The van der Waals surface area contributed by atoms with Crippen molar-refractivity contribution in [1.82, 2.24) is 0 Å². The van der Waals surface area contributed by atoms with E-state index in [1.54, 1.807) is 62.6 Å². The Kier molecular flexibility index (Phi) is 6.69. The zero-order valence-corrected chi connectivity index (χ0v) is 18.5. The van der Waals surface area contributed by atoms with Crippen molar-refractivity contribution in [3.8, 4) is 5.75 Å². The minimum absolute atomic E-state index is 0.230. The summed E-state index contributed by atoms with van der Waals surface area (Å²) in [4.78, 5) is 25.9. The molecule has 2 amide bonds. The maximum atomic E-state index is 13.2.